The molecule has 4 rings (SSSR count). The molecule has 0 saturated heterocycles. The Morgan fingerprint density at radius 2 is 1.74 bits per heavy atom. The standard InChI is InChI=1S/C21H18FN3O2/c1-13-4-5-14(22)8-16(13)17-10-19-18(11-23-17)24-12-25(19)15-6-7-20(26-2)21(9-15)27-3/h4-12H,1-3H3. The Bertz CT molecular complexity index is 1140. The number of ether oxygens (including phenoxy) is 2. The molecule has 0 aliphatic rings. The molecule has 0 radical (unpaired) electrons. The van der Waals surface area contributed by atoms with Gasteiger partial charge in [-0.1, -0.05) is 6.07 Å². The summed E-state index contributed by atoms with van der Waals surface area (Å²) in [6.07, 6.45) is 3.43. The number of pyridine rings is 1. The number of halogens is 1. The Balaban J connectivity index is 1.87. The van der Waals surface area contributed by atoms with Crippen molar-refractivity contribution in [3.8, 4) is 28.4 Å². The van der Waals surface area contributed by atoms with Gasteiger partial charge in [-0.15, -0.1) is 0 Å². The summed E-state index contributed by atoms with van der Waals surface area (Å²) in [6, 6.07) is 12.3. The van der Waals surface area contributed by atoms with E-state index in [1.807, 2.05) is 35.8 Å². The normalized spacial score (nSPS) is 11.0. The topological polar surface area (TPSA) is 49.2 Å². The van der Waals surface area contributed by atoms with Crippen LogP contribution in [0.25, 0.3) is 28.0 Å². The number of rotatable bonds is 4. The van der Waals surface area contributed by atoms with Gasteiger partial charge in [0, 0.05) is 11.6 Å². The highest BCUT2D eigenvalue weighted by molar-refractivity contribution is 5.81. The van der Waals surface area contributed by atoms with Crippen LogP contribution >= 0.6 is 0 Å². The average Bonchev–Trinajstić information content (AvgIpc) is 3.12. The summed E-state index contributed by atoms with van der Waals surface area (Å²) in [6.45, 7) is 1.94. The SMILES string of the molecule is COc1ccc(-n2cnc3cnc(-c4cc(F)ccc4C)cc32)cc1OC. The minimum Gasteiger partial charge on any atom is -0.493 e. The fraction of sp³-hybridized carbons (Fsp3) is 0.143. The minimum absolute atomic E-state index is 0.286. The van der Waals surface area contributed by atoms with Gasteiger partial charge in [-0.05, 0) is 42.8 Å². The van der Waals surface area contributed by atoms with Gasteiger partial charge in [0.25, 0.3) is 0 Å². The van der Waals surface area contributed by atoms with E-state index in [1.165, 1.54) is 12.1 Å². The van der Waals surface area contributed by atoms with Crippen molar-refractivity contribution in [1.82, 2.24) is 14.5 Å². The van der Waals surface area contributed by atoms with Gasteiger partial charge >= 0.3 is 0 Å². The Labute approximate surface area is 156 Å². The lowest BCUT2D eigenvalue weighted by molar-refractivity contribution is 0.355. The number of imidazole rings is 1. The van der Waals surface area contributed by atoms with Gasteiger partial charge in [-0.25, -0.2) is 9.37 Å². The van der Waals surface area contributed by atoms with E-state index in [2.05, 4.69) is 9.97 Å². The van der Waals surface area contributed by atoms with Gasteiger partial charge in [-0.3, -0.25) is 9.55 Å². The van der Waals surface area contributed by atoms with Crippen molar-refractivity contribution in [1.29, 1.82) is 0 Å². The number of fused-ring (bicyclic) bond motifs is 1. The molecule has 2 heterocycles. The van der Waals surface area contributed by atoms with E-state index in [4.69, 9.17) is 9.47 Å². The first kappa shape index (κ1) is 17.0. The first-order valence-corrected chi connectivity index (χ1v) is 8.42. The highest BCUT2D eigenvalue weighted by Gasteiger charge is 2.12. The van der Waals surface area contributed by atoms with Gasteiger partial charge in [0.2, 0.25) is 0 Å². The van der Waals surface area contributed by atoms with Crippen LogP contribution < -0.4 is 9.47 Å². The monoisotopic (exact) mass is 363 g/mol. The molecule has 0 unspecified atom stereocenters. The molecule has 27 heavy (non-hydrogen) atoms. The van der Waals surface area contributed by atoms with Gasteiger partial charge in [-0.2, -0.15) is 0 Å². The third-order valence-corrected chi connectivity index (χ3v) is 4.55. The molecule has 0 spiro atoms. The van der Waals surface area contributed by atoms with E-state index in [0.717, 1.165) is 27.8 Å². The van der Waals surface area contributed by atoms with Crippen LogP contribution in [0.1, 0.15) is 5.56 Å². The molecule has 2 aromatic heterocycles. The maximum absolute atomic E-state index is 13.7. The first-order valence-electron chi connectivity index (χ1n) is 8.42. The lowest BCUT2D eigenvalue weighted by atomic mass is 10.0. The Kier molecular flexibility index (Phi) is 4.24. The quantitative estimate of drug-likeness (QED) is 0.534. The molecule has 0 aliphatic heterocycles. The lowest BCUT2D eigenvalue weighted by Crippen LogP contribution is -1.96. The molecule has 4 aromatic rings. The third-order valence-electron chi connectivity index (χ3n) is 4.55. The zero-order valence-electron chi connectivity index (χ0n) is 15.2. The molecule has 5 nitrogen and oxygen atoms in total. The van der Waals surface area contributed by atoms with Crippen molar-refractivity contribution in [3.05, 3.63) is 66.4 Å². The summed E-state index contributed by atoms with van der Waals surface area (Å²) in [5, 5.41) is 0. The molecule has 0 N–H and O–H groups in total. The molecule has 0 amide bonds. The number of hydrogen-bond donors (Lipinski definition) is 0. The molecule has 0 bridgehead atoms. The number of methoxy groups -OCH3 is 2. The zero-order valence-corrected chi connectivity index (χ0v) is 15.2. The van der Waals surface area contributed by atoms with Crippen LogP contribution in [0.15, 0.2) is 55.0 Å². The molecule has 0 fully saturated rings. The summed E-state index contributed by atoms with van der Waals surface area (Å²) < 4.78 is 26.4. The summed E-state index contributed by atoms with van der Waals surface area (Å²) in [7, 11) is 3.20. The van der Waals surface area contributed by atoms with Crippen molar-refractivity contribution in [2.24, 2.45) is 0 Å². The van der Waals surface area contributed by atoms with Crippen molar-refractivity contribution >= 4 is 11.0 Å². The summed E-state index contributed by atoms with van der Waals surface area (Å²) in [4.78, 5) is 8.88. The van der Waals surface area contributed by atoms with Crippen LogP contribution in [0.3, 0.4) is 0 Å². The highest BCUT2D eigenvalue weighted by atomic mass is 19.1. The largest absolute Gasteiger partial charge is 0.493 e. The third kappa shape index (κ3) is 2.99. The van der Waals surface area contributed by atoms with Gasteiger partial charge in [0.05, 0.1) is 37.3 Å². The number of hydrogen-bond acceptors (Lipinski definition) is 4. The maximum Gasteiger partial charge on any atom is 0.162 e. The molecule has 2 aromatic carbocycles. The number of nitrogens with zero attached hydrogens (tertiary/aromatic N) is 3. The first-order chi connectivity index (χ1) is 13.1. The number of aryl methyl sites for hydroxylation is 1. The fourth-order valence-corrected chi connectivity index (χ4v) is 3.11. The van der Waals surface area contributed by atoms with Gasteiger partial charge < -0.3 is 9.47 Å². The van der Waals surface area contributed by atoms with Crippen molar-refractivity contribution in [3.63, 3.8) is 0 Å². The molecule has 0 atom stereocenters. The fourth-order valence-electron chi connectivity index (χ4n) is 3.11. The Morgan fingerprint density at radius 3 is 2.52 bits per heavy atom. The summed E-state index contributed by atoms with van der Waals surface area (Å²) in [5.74, 6) is 1.00. The van der Waals surface area contributed by atoms with Crippen LogP contribution in [0.2, 0.25) is 0 Å². The lowest BCUT2D eigenvalue weighted by Gasteiger charge is -2.11. The van der Waals surface area contributed by atoms with Gasteiger partial charge in [0.1, 0.15) is 17.7 Å². The van der Waals surface area contributed by atoms with Crippen LogP contribution in [-0.4, -0.2) is 28.8 Å². The number of aromatic nitrogens is 3. The Hall–Kier alpha value is -3.41. The van der Waals surface area contributed by atoms with Crippen molar-refractivity contribution in [2.45, 2.75) is 6.92 Å². The van der Waals surface area contributed by atoms with E-state index in [9.17, 15) is 4.39 Å². The second kappa shape index (κ2) is 6.72. The predicted octanol–water partition coefficient (Wildman–Crippen LogP) is 4.55. The second-order valence-corrected chi connectivity index (χ2v) is 6.17. The minimum atomic E-state index is -0.286. The predicted molar refractivity (Wildman–Crippen MR) is 102 cm³/mol. The van der Waals surface area contributed by atoms with Crippen molar-refractivity contribution < 1.29 is 13.9 Å². The summed E-state index contributed by atoms with van der Waals surface area (Å²) in [5.41, 5.74) is 4.92. The molecule has 6 heteroatoms. The second-order valence-electron chi connectivity index (χ2n) is 6.17. The maximum atomic E-state index is 13.7. The van der Waals surface area contributed by atoms with E-state index in [1.54, 1.807) is 32.8 Å². The van der Waals surface area contributed by atoms with E-state index in [0.29, 0.717) is 17.2 Å². The summed E-state index contributed by atoms with van der Waals surface area (Å²) >= 11 is 0. The average molecular weight is 363 g/mol. The molecule has 136 valence electrons. The molecular weight excluding hydrogens is 345 g/mol. The van der Waals surface area contributed by atoms with E-state index >= 15 is 0 Å². The van der Waals surface area contributed by atoms with Gasteiger partial charge in [0.15, 0.2) is 11.5 Å². The smallest absolute Gasteiger partial charge is 0.162 e. The van der Waals surface area contributed by atoms with Crippen LogP contribution in [0.4, 0.5) is 4.39 Å². The molecule has 0 saturated carbocycles. The molecular formula is C21H18FN3O2. The highest BCUT2D eigenvalue weighted by Crippen LogP contribution is 2.31. The van der Waals surface area contributed by atoms with Crippen LogP contribution in [-0.2, 0) is 0 Å². The van der Waals surface area contributed by atoms with E-state index < -0.39 is 0 Å². The van der Waals surface area contributed by atoms with Crippen LogP contribution in [0.5, 0.6) is 11.5 Å². The Morgan fingerprint density at radius 1 is 0.926 bits per heavy atom. The van der Waals surface area contributed by atoms with Crippen molar-refractivity contribution in [2.75, 3.05) is 14.2 Å². The van der Waals surface area contributed by atoms with Crippen LogP contribution in [0, 0.1) is 12.7 Å². The van der Waals surface area contributed by atoms with E-state index in [-0.39, 0.29) is 5.82 Å². The zero-order chi connectivity index (χ0) is 19.0. The molecule has 0 aliphatic carbocycles. The number of benzene rings is 2.